The Morgan fingerprint density at radius 1 is 1.38 bits per heavy atom. The number of fused-ring (bicyclic) bond motifs is 1. The monoisotopic (exact) mass is 365 g/mol. The normalized spacial score (nSPS) is 16.9. The molecule has 1 aromatic heterocycles. The van der Waals surface area contributed by atoms with Gasteiger partial charge in [0.15, 0.2) is 11.8 Å². The van der Waals surface area contributed by atoms with Gasteiger partial charge in [0, 0.05) is 39.1 Å². The maximum absolute atomic E-state index is 11.7. The van der Waals surface area contributed by atoms with Gasteiger partial charge in [0.25, 0.3) is 0 Å². The lowest BCUT2D eigenvalue weighted by Gasteiger charge is -2.25. The van der Waals surface area contributed by atoms with E-state index in [0.717, 1.165) is 50.0 Å². The Bertz CT molecular complexity index is 600. The molecule has 1 amide bonds. The molecule has 1 aliphatic heterocycles. The van der Waals surface area contributed by atoms with Crippen LogP contribution in [-0.4, -0.2) is 59.4 Å². The smallest absolute Gasteiger partial charge is 0.221 e. The Morgan fingerprint density at radius 3 is 2.96 bits per heavy atom. The van der Waals surface area contributed by atoms with Crippen LogP contribution in [-0.2, 0) is 29.1 Å². The number of carbonyl (C=O) groups excluding carboxylic acids is 1. The van der Waals surface area contributed by atoms with Crippen LogP contribution in [0.2, 0.25) is 0 Å². The molecule has 1 unspecified atom stereocenters. The van der Waals surface area contributed by atoms with E-state index in [1.807, 2.05) is 18.5 Å². The van der Waals surface area contributed by atoms with Gasteiger partial charge in [0.2, 0.25) is 5.91 Å². The number of carbonyl (C=O) groups is 1. The minimum atomic E-state index is 0.0436. The molecule has 0 bridgehead atoms. The average molecular weight is 365 g/mol. The van der Waals surface area contributed by atoms with Crippen molar-refractivity contribution in [2.24, 2.45) is 4.99 Å². The van der Waals surface area contributed by atoms with Crippen LogP contribution in [0.3, 0.4) is 0 Å². The number of aliphatic imine (C=N–C) groups is 1. The largest absolute Gasteiger partial charge is 0.377 e. The lowest BCUT2D eigenvalue weighted by atomic mass is 10.1. The Kier molecular flexibility index (Phi) is 8.33. The summed E-state index contributed by atoms with van der Waals surface area (Å²) in [5.74, 6) is 2.51. The second-order valence-electron chi connectivity index (χ2n) is 6.30. The Labute approximate surface area is 155 Å². The number of guanidine groups is 1. The fraction of sp³-hybridized carbons (Fsp3) is 0.765. The van der Waals surface area contributed by atoms with E-state index in [2.05, 4.69) is 31.0 Å². The van der Waals surface area contributed by atoms with E-state index in [9.17, 15) is 4.79 Å². The molecule has 26 heavy (non-hydrogen) atoms. The van der Waals surface area contributed by atoms with Gasteiger partial charge in [-0.1, -0.05) is 6.92 Å². The molecule has 0 saturated heterocycles. The molecule has 0 aromatic carbocycles. The summed E-state index contributed by atoms with van der Waals surface area (Å²) >= 11 is 0. The lowest BCUT2D eigenvalue weighted by molar-refractivity contribution is -0.120. The predicted molar refractivity (Wildman–Crippen MR) is 99.9 cm³/mol. The number of rotatable bonds is 9. The molecule has 9 nitrogen and oxygen atoms in total. The maximum Gasteiger partial charge on any atom is 0.221 e. The van der Waals surface area contributed by atoms with Crippen molar-refractivity contribution >= 4 is 11.9 Å². The van der Waals surface area contributed by atoms with E-state index >= 15 is 0 Å². The second kappa shape index (κ2) is 10.7. The number of nitrogens with zero attached hydrogens (tertiary/aromatic N) is 4. The minimum Gasteiger partial charge on any atom is -0.377 e. The molecule has 2 heterocycles. The zero-order chi connectivity index (χ0) is 18.8. The van der Waals surface area contributed by atoms with E-state index in [4.69, 9.17) is 4.74 Å². The summed E-state index contributed by atoms with van der Waals surface area (Å²) in [7, 11) is 1.64. The van der Waals surface area contributed by atoms with Crippen LogP contribution in [0.4, 0.5) is 0 Å². The molecule has 1 aromatic rings. The van der Waals surface area contributed by atoms with Crippen LogP contribution in [0.1, 0.15) is 44.8 Å². The van der Waals surface area contributed by atoms with Crippen LogP contribution < -0.4 is 16.0 Å². The van der Waals surface area contributed by atoms with E-state index in [0.29, 0.717) is 26.1 Å². The van der Waals surface area contributed by atoms with Crippen molar-refractivity contribution < 1.29 is 9.53 Å². The van der Waals surface area contributed by atoms with E-state index < -0.39 is 0 Å². The molecule has 2 rings (SSSR count). The zero-order valence-corrected chi connectivity index (χ0v) is 16.0. The number of amides is 1. The molecule has 0 radical (unpaired) electrons. The summed E-state index contributed by atoms with van der Waals surface area (Å²) in [5.41, 5.74) is 0. The summed E-state index contributed by atoms with van der Waals surface area (Å²) in [6, 6.07) is 0.228. The van der Waals surface area contributed by atoms with Gasteiger partial charge in [0.05, 0.1) is 13.1 Å². The number of aryl methyl sites for hydroxylation is 1. The predicted octanol–water partition coefficient (Wildman–Crippen LogP) is 0.211. The van der Waals surface area contributed by atoms with Gasteiger partial charge >= 0.3 is 0 Å². The van der Waals surface area contributed by atoms with E-state index in [-0.39, 0.29) is 11.9 Å². The standard InChI is InChI=1S/C17H31N7O2/c1-4-9-19-16(25)8-10-20-17(18-5-2)21-13-6-7-15-22-14(12-26-3)23-24(15)11-13/h13H,4-12H2,1-3H3,(H,19,25)(H2,18,20,21). The van der Waals surface area contributed by atoms with E-state index in [1.54, 1.807) is 7.11 Å². The van der Waals surface area contributed by atoms with Gasteiger partial charge in [-0.2, -0.15) is 5.10 Å². The fourth-order valence-corrected chi connectivity index (χ4v) is 2.80. The molecule has 3 N–H and O–H groups in total. The number of hydrogen-bond acceptors (Lipinski definition) is 5. The van der Waals surface area contributed by atoms with Gasteiger partial charge in [-0.25, -0.2) is 9.67 Å². The average Bonchev–Trinajstić information content (AvgIpc) is 3.02. The summed E-state index contributed by atoms with van der Waals surface area (Å²) in [6.07, 6.45) is 3.17. The molecule has 9 heteroatoms. The quantitative estimate of drug-likeness (QED) is 0.427. The summed E-state index contributed by atoms with van der Waals surface area (Å²) in [5, 5.41) is 14.0. The van der Waals surface area contributed by atoms with Crippen molar-refractivity contribution in [3.63, 3.8) is 0 Å². The third kappa shape index (κ3) is 6.29. The molecular formula is C17H31N7O2. The number of aromatic nitrogens is 3. The summed E-state index contributed by atoms with van der Waals surface area (Å²) < 4.78 is 7.04. The highest BCUT2D eigenvalue weighted by Crippen LogP contribution is 2.13. The number of nitrogens with one attached hydrogen (secondary N) is 3. The van der Waals surface area contributed by atoms with Crippen LogP contribution in [0.25, 0.3) is 0 Å². The number of methoxy groups -OCH3 is 1. The second-order valence-corrected chi connectivity index (χ2v) is 6.30. The van der Waals surface area contributed by atoms with Crippen molar-refractivity contribution in [2.45, 2.75) is 58.7 Å². The first-order chi connectivity index (χ1) is 12.7. The van der Waals surface area contributed by atoms with Crippen molar-refractivity contribution in [1.29, 1.82) is 0 Å². The first-order valence-electron chi connectivity index (χ1n) is 9.39. The third-order valence-corrected chi connectivity index (χ3v) is 4.04. The van der Waals surface area contributed by atoms with Gasteiger partial charge < -0.3 is 20.7 Å². The summed E-state index contributed by atoms with van der Waals surface area (Å²) in [6.45, 7) is 7.19. The molecule has 0 spiro atoms. The first kappa shape index (κ1) is 20.2. The summed E-state index contributed by atoms with van der Waals surface area (Å²) in [4.78, 5) is 20.7. The Hall–Kier alpha value is -2.16. The van der Waals surface area contributed by atoms with Gasteiger partial charge in [-0.15, -0.1) is 0 Å². The van der Waals surface area contributed by atoms with Crippen LogP contribution >= 0.6 is 0 Å². The zero-order valence-electron chi connectivity index (χ0n) is 16.0. The maximum atomic E-state index is 11.7. The molecule has 0 aliphatic carbocycles. The topological polar surface area (TPSA) is 105 Å². The lowest BCUT2D eigenvalue weighted by Crippen LogP contribution is -2.47. The van der Waals surface area contributed by atoms with Crippen LogP contribution in [0, 0.1) is 0 Å². The molecule has 146 valence electrons. The van der Waals surface area contributed by atoms with Crippen LogP contribution in [0.5, 0.6) is 0 Å². The third-order valence-electron chi connectivity index (χ3n) is 4.04. The van der Waals surface area contributed by atoms with Crippen molar-refractivity contribution in [2.75, 3.05) is 26.7 Å². The number of hydrogen-bond donors (Lipinski definition) is 3. The minimum absolute atomic E-state index is 0.0436. The van der Waals surface area contributed by atoms with Crippen molar-refractivity contribution in [3.8, 4) is 0 Å². The number of ether oxygens (including phenoxy) is 1. The molecular weight excluding hydrogens is 334 g/mol. The Morgan fingerprint density at radius 2 is 2.23 bits per heavy atom. The highest BCUT2D eigenvalue weighted by molar-refractivity contribution is 5.81. The Balaban J connectivity index is 1.86. The highest BCUT2D eigenvalue weighted by Gasteiger charge is 2.22. The first-order valence-corrected chi connectivity index (χ1v) is 9.39. The van der Waals surface area contributed by atoms with Gasteiger partial charge in [-0.05, 0) is 19.8 Å². The molecule has 1 aliphatic rings. The molecule has 0 saturated carbocycles. The fourth-order valence-electron chi connectivity index (χ4n) is 2.80. The highest BCUT2D eigenvalue weighted by atomic mass is 16.5. The van der Waals surface area contributed by atoms with Crippen LogP contribution in [0.15, 0.2) is 4.99 Å². The SMILES string of the molecule is CCCNC(=O)CCN=C(NCC)NC1CCc2nc(COC)nn2C1. The van der Waals surface area contributed by atoms with Crippen molar-refractivity contribution in [1.82, 2.24) is 30.7 Å². The molecule has 1 atom stereocenters. The molecule has 0 fully saturated rings. The van der Waals surface area contributed by atoms with E-state index in [1.165, 1.54) is 0 Å². The van der Waals surface area contributed by atoms with Crippen molar-refractivity contribution in [3.05, 3.63) is 11.6 Å². The van der Waals surface area contributed by atoms with Gasteiger partial charge in [0.1, 0.15) is 12.4 Å². The van der Waals surface area contributed by atoms with Gasteiger partial charge in [-0.3, -0.25) is 9.79 Å².